The van der Waals surface area contributed by atoms with Crippen LogP contribution in [0.5, 0.6) is 0 Å². The Bertz CT molecular complexity index is 459. The van der Waals surface area contributed by atoms with E-state index in [0.29, 0.717) is 19.4 Å². The number of carbonyl (C=O) groups excluding carboxylic acids is 1. The molecule has 170 valence electrons. The molecule has 0 fully saturated rings. The number of nitrogens with one attached hydrogen (secondary N) is 1. The van der Waals surface area contributed by atoms with Gasteiger partial charge in [0.05, 0.1) is 6.04 Å². The summed E-state index contributed by atoms with van der Waals surface area (Å²) in [5, 5.41) is 9.51. The van der Waals surface area contributed by atoms with Crippen molar-refractivity contribution in [3.63, 3.8) is 0 Å². The molecule has 0 bridgehead atoms. The molecule has 0 rings (SSSR count). The fourth-order valence-corrected chi connectivity index (χ4v) is 3.14. The summed E-state index contributed by atoms with van der Waals surface area (Å²) in [7, 11) is 0. The lowest BCUT2D eigenvalue weighted by Gasteiger charge is -2.26. The summed E-state index contributed by atoms with van der Waals surface area (Å²) in [4.78, 5) is 28.8. The standard InChI is InChI=1S/C20H42N6O3/c1-3-5-7-9-11-16-25(17-12-10-8-6-4-2)19(27)18(21)14-13-15-23-20(22)24-26(28)29/h18H,3-17,21H2,1-2H3,(H3,22,23,24). The first-order valence-corrected chi connectivity index (χ1v) is 11.2. The maximum absolute atomic E-state index is 12.8. The van der Waals surface area contributed by atoms with Crippen LogP contribution in [0.2, 0.25) is 0 Å². The molecule has 0 radical (unpaired) electrons. The molecule has 0 spiro atoms. The average Bonchev–Trinajstić information content (AvgIpc) is 2.68. The van der Waals surface area contributed by atoms with Crippen LogP contribution >= 0.6 is 0 Å². The van der Waals surface area contributed by atoms with Crippen LogP contribution in [0.1, 0.15) is 90.9 Å². The zero-order valence-electron chi connectivity index (χ0n) is 18.4. The van der Waals surface area contributed by atoms with E-state index >= 15 is 0 Å². The summed E-state index contributed by atoms with van der Waals surface area (Å²) < 4.78 is 0. The Balaban J connectivity index is 4.41. The number of nitrogens with zero attached hydrogens (tertiary/aromatic N) is 3. The Morgan fingerprint density at radius 1 is 1.00 bits per heavy atom. The highest BCUT2D eigenvalue weighted by atomic mass is 16.7. The Morgan fingerprint density at radius 2 is 1.52 bits per heavy atom. The van der Waals surface area contributed by atoms with Crippen LogP contribution in [0.25, 0.3) is 0 Å². The van der Waals surface area contributed by atoms with E-state index in [1.807, 2.05) is 4.90 Å². The molecule has 5 N–H and O–H groups in total. The molecule has 0 heterocycles. The average molecular weight is 415 g/mol. The summed E-state index contributed by atoms with van der Waals surface area (Å²) >= 11 is 0. The van der Waals surface area contributed by atoms with Crippen molar-refractivity contribution in [1.82, 2.24) is 10.3 Å². The third-order valence-electron chi connectivity index (χ3n) is 4.85. The highest BCUT2D eigenvalue weighted by molar-refractivity contribution is 5.81. The number of nitro groups is 1. The summed E-state index contributed by atoms with van der Waals surface area (Å²) in [6.07, 6.45) is 12.6. The lowest BCUT2D eigenvalue weighted by Crippen LogP contribution is -2.44. The molecule has 0 aliphatic rings. The largest absolute Gasteiger partial charge is 0.365 e. The molecule has 0 saturated carbocycles. The van der Waals surface area contributed by atoms with Crippen molar-refractivity contribution in [3.05, 3.63) is 10.1 Å². The van der Waals surface area contributed by atoms with Gasteiger partial charge in [0.15, 0.2) is 5.03 Å². The van der Waals surface area contributed by atoms with Gasteiger partial charge in [0, 0.05) is 19.6 Å². The molecule has 0 aromatic heterocycles. The Morgan fingerprint density at radius 3 is 2.00 bits per heavy atom. The maximum atomic E-state index is 12.8. The fraction of sp³-hybridized carbons (Fsp3) is 0.900. The van der Waals surface area contributed by atoms with Gasteiger partial charge in [-0.1, -0.05) is 70.6 Å². The number of rotatable bonds is 18. The minimum absolute atomic E-state index is 0.00338. The van der Waals surface area contributed by atoms with E-state index in [9.17, 15) is 14.9 Å². The molecule has 1 amide bonds. The third kappa shape index (κ3) is 15.7. The topological polar surface area (TPSA) is 140 Å². The number of carbonyl (C=O) groups is 1. The van der Waals surface area contributed by atoms with Crippen LogP contribution in [-0.4, -0.2) is 47.5 Å². The van der Waals surface area contributed by atoms with Crippen molar-refractivity contribution >= 4 is 11.9 Å². The molecule has 0 aromatic carbocycles. The van der Waals surface area contributed by atoms with Gasteiger partial charge in [0.2, 0.25) is 5.91 Å². The van der Waals surface area contributed by atoms with Gasteiger partial charge in [-0.3, -0.25) is 4.79 Å². The van der Waals surface area contributed by atoms with E-state index in [2.05, 4.69) is 18.8 Å². The van der Waals surface area contributed by atoms with Crippen molar-refractivity contribution in [1.29, 1.82) is 0 Å². The minimum atomic E-state index is -0.757. The second kappa shape index (κ2) is 18.1. The lowest BCUT2D eigenvalue weighted by atomic mass is 10.1. The smallest absolute Gasteiger partial charge is 0.251 e. The predicted octanol–water partition coefficient (Wildman–Crippen LogP) is 2.96. The Kier molecular flexibility index (Phi) is 17.0. The predicted molar refractivity (Wildman–Crippen MR) is 118 cm³/mol. The van der Waals surface area contributed by atoms with Crippen LogP contribution in [0.15, 0.2) is 4.99 Å². The normalized spacial score (nSPS) is 12.6. The van der Waals surface area contributed by atoms with E-state index in [4.69, 9.17) is 11.5 Å². The van der Waals surface area contributed by atoms with Crippen molar-refractivity contribution in [2.45, 2.75) is 96.9 Å². The molecule has 0 aliphatic heterocycles. The third-order valence-corrected chi connectivity index (χ3v) is 4.85. The number of unbranched alkanes of at least 4 members (excludes halogenated alkanes) is 8. The fourth-order valence-electron chi connectivity index (χ4n) is 3.14. The molecule has 1 unspecified atom stereocenters. The van der Waals surface area contributed by atoms with Gasteiger partial charge < -0.3 is 16.4 Å². The quantitative estimate of drug-likeness (QED) is 0.104. The summed E-state index contributed by atoms with van der Waals surface area (Å²) in [5.74, 6) is -0.243. The number of hydrogen-bond donors (Lipinski definition) is 3. The van der Waals surface area contributed by atoms with E-state index < -0.39 is 11.1 Å². The SMILES string of the molecule is CCCCCCCN(CCCCCCC)C(=O)C(N)CCCN=C(N)N[N+](=O)[O-]. The molecule has 0 aliphatic carbocycles. The summed E-state index contributed by atoms with van der Waals surface area (Å²) in [5.41, 5.74) is 13.3. The van der Waals surface area contributed by atoms with Crippen LogP contribution in [0, 0.1) is 10.1 Å². The number of hydrogen-bond acceptors (Lipinski definition) is 5. The van der Waals surface area contributed by atoms with Gasteiger partial charge in [0.1, 0.15) is 0 Å². The zero-order valence-corrected chi connectivity index (χ0v) is 18.4. The van der Waals surface area contributed by atoms with Gasteiger partial charge in [-0.25, -0.2) is 15.1 Å². The van der Waals surface area contributed by atoms with E-state index in [1.54, 1.807) is 5.43 Å². The van der Waals surface area contributed by atoms with Crippen molar-refractivity contribution in [2.75, 3.05) is 19.6 Å². The van der Waals surface area contributed by atoms with Gasteiger partial charge >= 0.3 is 0 Å². The van der Waals surface area contributed by atoms with Crippen LogP contribution < -0.4 is 16.9 Å². The molecule has 0 saturated heterocycles. The highest BCUT2D eigenvalue weighted by Crippen LogP contribution is 2.10. The van der Waals surface area contributed by atoms with Gasteiger partial charge in [-0.15, -0.1) is 0 Å². The van der Waals surface area contributed by atoms with Crippen molar-refractivity contribution in [2.24, 2.45) is 16.5 Å². The monoisotopic (exact) mass is 414 g/mol. The maximum Gasteiger partial charge on any atom is 0.251 e. The number of nitrogens with two attached hydrogens (primary N) is 2. The zero-order chi connectivity index (χ0) is 21.9. The van der Waals surface area contributed by atoms with E-state index in [-0.39, 0.29) is 11.9 Å². The van der Waals surface area contributed by atoms with Gasteiger partial charge in [-0.2, -0.15) is 0 Å². The van der Waals surface area contributed by atoms with Gasteiger partial charge in [0.25, 0.3) is 5.96 Å². The second-order valence-electron chi connectivity index (χ2n) is 7.54. The molecule has 9 heteroatoms. The molecule has 0 aromatic rings. The molecular formula is C20H42N6O3. The van der Waals surface area contributed by atoms with Gasteiger partial charge in [-0.05, 0) is 25.7 Å². The lowest BCUT2D eigenvalue weighted by molar-refractivity contribution is -0.525. The van der Waals surface area contributed by atoms with Crippen molar-refractivity contribution < 1.29 is 9.83 Å². The number of hydrazine groups is 1. The molecule has 29 heavy (non-hydrogen) atoms. The van der Waals surface area contributed by atoms with Crippen LogP contribution in [0.3, 0.4) is 0 Å². The molecular weight excluding hydrogens is 372 g/mol. The first kappa shape index (κ1) is 27.1. The highest BCUT2D eigenvalue weighted by Gasteiger charge is 2.20. The first-order valence-electron chi connectivity index (χ1n) is 11.2. The molecule has 1 atom stereocenters. The second-order valence-corrected chi connectivity index (χ2v) is 7.54. The Hall–Kier alpha value is -1.90. The number of guanidine groups is 1. The summed E-state index contributed by atoms with van der Waals surface area (Å²) in [6, 6.07) is -0.568. The summed E-state index contributed by atoms with van der Waals surface area (Å²) in [6.45, 7) is 6.21. The first-order chi connectivity index (χ1) is 13.9. The van der Waals surface area contributed by atoms with Crippen LogP contribution in [-0.2, 0) is 4.79 Å². The minimum Gasteiger partial charge on any atom is -0.365 e. The van der Waals surface area contributed by atoms with E-state index in [0.717, 1.165) is 38.8 Å². The number of aliphatic imine (C=N–C) groups is 1. The van der Waals surface area contributed by atoms with Crippen molar-refractivity contribution in [3.8, 4) is 0 Å². The number of amides is 1. The molecule has 9 nitrogen and oxygen atoms in total. The van der Waals surface area contributed by atoms with Crippen LogP contribution in [0.4, 0.5) is 0 Å². The Labute approximate surface area is 175 Å². The van der Waals surface area contributed by atoms with E-state index in [1.165, 1.54) is 38.5 Å².